The lowest BCUT2D eigenvalue weighted by atomic mass is 10.1. The summed E-state index contributed by atoms with van der Waals surface area (Å²) in [7, 11) is 0. The van der Waals surface area contributed by atoms with Gasteiger partial charge in [0.2, 0.25) is 0 Å². The molecule has 8 nitrogen and oxygen atoms in total. The van der Waals surface area contributed by atoms with E-state index < -0.39 is 6.04 Å². The lowest BCUT2D eigenvalue weighted by molar-refractivity contribution is 0.0591. The van der Waals surface area contributed by atoms with E-state index >= 15 is 0 Å². The molecule has 0 radical (unpaired) electrons. The number of carbonyl (C=O) groups is 3. The van der Waals surface area contributed by atoms with Gasteiger partial charge in [-0.1, -0.05) is 12.1 Å². The van der Waals surface area contributed by atoms with E-state index in [2.05, 4.69) is 15.1 Å². The van der Waals surface area contributed by atoms with E-state index in [0.29, 0.717) is 34.5 Å². The van der Waals surface area contributed by atoms with Crippen LogP contribution in [0.15, 0.2) is 49.1 Å². The van der Waals surface area contributed by atoms with Gasteiger partial charge < -0.3 is 0 Å². The standard InChI is InChI=1S/C18H13N5O3/c1-11(23-17(25)13-4-2-3-5-14(13)18(23)26)15-16(20-7-6-19-15)22-9-12(10-24)8-21-22/h2-11H,1H3. The van der Waals surface area contributed by atoms with Crippen LogP contribution in [-0.4, -0.2) is 42.7 Å². The molecule has 8 heteroatoms. The molecule has 0 spiro atoms. The van der Waals surface area contributed by atoms with E-state index in [4.69, 9.17) is 0 Å². The maximum atomic E-state index is 12.7. The third-order valence-corrected chi connectivity index (χ3v) is 4.27. The molecule has 0 saturated carbocycles. The SMILES string of the molecule is CC(c1nccnc1-n1cc(C=O)cn1)N1C(=O)c2ccccc2C1=O. The van der Waals surface area contributed by atoms with Crippen LogP contribution >= 0.6 is 0 Å². The number of fused-ring (bicyclic) bond motifs is 1. The lowest BCUT2D eigenvalue weighted by Gasteiger charge is -2.23. The molecule has 1 aromatic carbocycles. The quantitative estimate of drug-likeness (QED) is 0.527. The second kappa shape index (κ2) is 5.99. The highest BCUT2D eigenvalue weighted by Crippen LogP contribution is 2.31. The second-order valence-electron chi connectivity index (χ2n) is 5.80. The summed E-state index contributed by atoms with van der Waals surface area (Å²) in [5, 5.41) is 4.10. The Hall–Kier alpha value is -3.68. The van der Waals surface area contributed by atoms with Crippen LogP contribution in [0.25, 0.3) is 5.82 Å². The van der Waals surface area contributed by atoms with Gasteiger partial charge >= 0.3 is 0 Å². The molecule has 4 rings (SSSR count). The third-order valence-electron chi connectivity index (χ3n) is 4.27. The summed E-state index contributed by atoms with van der Waals surface area (Å²) in [5.74, 6) is -0.392. The highest BCUT2D eigenvalue weighted by Gasteiger charge is 2.40. The summed E-state index contributed by atoms with van der Waals surface area (Å²) in [6.45, 7) is 1.71. The van der Waals surface area contributed by atoms with Gasteiger partial charge in [-0.05, 0) is 19.1 Å². The van der Waals surface area contributed by atoms with Crippen molar-refractivity contribution in [3.05, 3.63) is 71.4 Å². The fourth-order valence-corrected chi connectivity index (χ4v) is 3.01. The van der Waals surface area contributed by atoms with Crippen LogP contribution in [0.4, 0.5) is 0 Å². The number of hydrogen-bond donors (Lipinski definition) is 0. The minimum atomic E-state index is -0.657. The molecule has 0 saturated heterocycles. The minimum Gasteiger partial charge on any atom is -0.298 e. The first-order valence-corrected chi connectivity index (χ1v) is 7.90. The van der Waals surface area contributed by atoms with Crippen molar-refractivity contribution in [2.45, 2.75) is 13.0 Å². The van der Waals surface area contributed by atoms with Gasteiger partial charge in [0.05, 0.1) is 28.9 Å². The molecule has 2 aromatic heterocycles. The number of aldehydes is 1. The maximum Gasteiger partial charge on any atom is 0.262 e. The molecule has 2 amide bonds. The van der Waals surface area contributed by atoms with Gasteiger partial charge in [0.1, 0.15) is 5.69 Å². The van der Waals surface area contributed by atoms with Crippen LogP contribution in [0.2, 0.25) is 0 Å². The van der Waals surface area contributed by atoms with Crippen LogP contribution in [0.5, 0.6) is 0 Å². The first-order chi connectivity index (χ1) is 12.6. The van der Waals surface area contributed by atoms with E-state index in [1.54, 1.807) is 31.2 Å². The second-order valence-corrected chi connectivity index (χ2v) is 5.80. The first-order valence-electron chi connectivity index (χ1n) is 7.90. The number of amides is 2. The molecule has 1 unspecified atom stereocenters. The Morgan fingerprint density at radius 3 is 2.31 bits per heavy atom. The van der Waals surface area contributed by atoms with Gasteiger partial charge in [0.25, 0.3) is 11.8 Å². The number of benzene rings is 1. The fraction of sp³-hybridized carbons (Fsp3) is 0.111. The Kier molecular flexibility index (Phi) is 3.65. The molecule has 3 heterocycles. The Labute approximate surface area is 148 Å². The number of carbonyl (C=O) groups excluding carboxylic acids is 3. The molecule has 0 bridgehead atoms. The number of aromatic nitrogens is 4. The van der Waals surface area contributed by atoms with Crippen LogP contribution in [0.3, 0.4) is 0 Å². The summed E-state index contributed by atoms with van der Waals surface area (Å²) in [6, 6.07) is 6.04. The minimum absolute atomic E-state index is 0.352. The highest BCUT2D eigenvalue weighted by molar-refractivity contribution is 6.21. The topological polar surface area (TPSA) is 98.1 Å². The number of rotatable bonds is 4. The van der Waals surface area contributed by atoms with Crippen molar-refractivity contribution in [3.63, 3.8) is 0 Å². The summed E-state index contributed by atoms with van der Waals surface area (Å²) in [6.07, 6.45) is 6.55. The van der Waals surface area contributed by atoms with E-state index in [0.717, 1.165) is 0 Å². The molecular weight excluding hydrogens is 334 g/mol. The molecule has 128 valence electrons. The van der Waals surface area contributed by atoms with Crippen LogP contribution in [-0.2, 0) is 0 Å². The van der Waals surface area contributed by atoms with Gasteiger partial charge in [-0.2, -0.15) is 5.10 Å². The van der Waals surface area contributed by atoms with E-state index in [1.165, 1.54) is 34.4 Å². The predicted molar refractivity (Wildman–Crippen MR) is 89.9 cm³/mol. The smallest absolute Gasteiger partial charge is 0.262 e. The summed E-state index contributed by atoms with van der Waals surface area (Å²) in [4.78, 5) is 46.1. The van der Waals surface area contributed by atoms with Gasteiger partial charge in [0.15, 0.2) is 12.1 Å². The van der Waals surface area contributed by atoms with Crippen molar-refractivity contribution >= 4 is 18.1 Å². The van der Waals surface area contributed by atoms with Gasteiger partial charge in [-0.15, -0.1) is 0 Å². The van der Waals surface area contributed by atoms with Crippen LogP contribution < -0.4 is 0 Å². The Bertz CT molecular complexity index is 1010. The maximum absolute atomic E-state index is 12.7. The Morgan fingerprint density at radius 2 is 1.69 bits per heavy atom. The number of imide groups is 1. The summed E-state index contributed by atoms with van der Waals surface area (Å²) in [5.41, 5.74) is 1.53. The van der Waals surface area contributed by atoms with Crippen molar-refractivity contribution in [1.82, 2.24) is 24.6 Å². The lowest BCUT2D eigenvalue weighted by Crippen LogP contribution is -2.33. The van der Waals surface area contributed by atoms with Crippen molar-refractivity contribution < 1.29 is 14.4 Å². The molecule has 0 fully saturated rings. The molecule has 1 atom stereocenters. The number of nitrogens with zero attached hydrogens (tertiary/aromatic N) is 5. The van der Waals surface area contributed by atoms with E-state index in [1.807, 2.05) is 0 Å². The van der Waals surface area contributed by atoms with E-state index in [-0.39, 0.29) is 11.8 Å². The van der Waals surface area contributed by atoms with Gasteiger partial charge in [0, 0.05) is 18.6 Å². The summed E-state index contributed by atoms with van der Waals surface area (Å²) >= 11 is 0. The van der Waals surface area contributed by atoms with E-state index in [9.17, 15) is 14.4 Å². The largest absolute Gasteiger partial charge is 0.298 e. The molecular formula is C18H13N5O3. The first kappa shape index (κ1) is 15.8. The fourth-order valence-electron chi connectivity index (χ4n) is 3.01. The summed E-state index contributed by atoms with van der Waals surface area (Å²) < 4.78 is 1.40. The van der Waals surface area contributed by atoms with Crippen molar-refractivity contribution in [2.75, 3.05) is 0 Å². The monoisotopic (exact) mass is 347 g/mol. The van der Waals surface area contributed by atoms with Gasteiger partial charge in [-0.25, -0.2) is 9.67 Å². The predicted octanol–water partition coefficient (Wildman–Crippen LogP) is 1.83. The zero-order valence-electron chi connectivity index (χ0n) is 13.7. The number of hydrogen-bond acceptors (Lipinski definition) is 6. The van der Waals surface area contributed by atoms with Gasteiger partial charge in [-0.3, -0.25) is 24.3 Å². The molecule has 1 aliphatic heterocycles. The average molecular weight is 347 g/mol. The van der Waals surface area contributed by atoms with Crippen molar-refractivity contribution in [2.24, 2.45) is 0 Å². The molecule has 0 aliphatic carbocycles. The zero-order chi connectivity index (χ0) is 18.3. The average Bonchev–Trinajstić information content (AvgIpc) is 3.25. The Balaban J connectivity index is 1.76. The molecule has 26 heavy (non-hydrogen) atoms. The van der Waals surface area contributed by atoms with Crippen LogP contribution in [0, 0.1) is 0 Å². The zero-order valence-corrected chi connectivity index (χ0v) is 13.7. The Morgan fingerprint density at radius 1 is 1.04 bits per heavy atom. The molecule has 0 N–H and O–H groups in total. The van der Waals surface area contributed by atoms with Crippen LogP contribution in [0.1, 0.15) is 49.7 Å². The normalized spacial score (nSPS) is 14.4. The van der Waals surface area contributed by atoms with Crippen molar-refractivity contribution in [3.8, 4) is 5.82 Å². The molecule has 1 aliphatic rings. The van der Waals surface area contributed by atoms with Crippen molar-refractivity contribution in [1.29, 1.82) is 0 Å². The third kappa shape index (κ3) is 2.31. The molecule has 3 aromatic rings. The highest BCUT2D eigenvalue weighted by atomic mass is 16.2.